The predicted octanol–water partition coefficient (Wildman–Crippen LogP) is 3.42. The first kappa shape index (κ1) is 11.7. The minimum Gasteiger partial charge on any atom is -0.330 e. The lowest BCUT2D eigenvalue weighted by molar-refractivity contribution is -0.137. The van der Waals surface area contributed by atoms with Gasteiger partial charge in [0.25, 0.3) is 0 Å². The van der Waals surface area contributed by atoms with E-state index in [-0.39, 0.29) is 10.9 Å². The van der Waals surface area contributed by atoms with Crippen molar-refractivity contribution in [3.05, 3.63) is 34.3 Å². The number of rotatable bonds is 2. The first-order valence-corrected chi connectivity index (χ1v) is 5.38. The molecule has 0 saturated heterocycles. The zero-order chi connectivity index (χ0) is 11.9. The van der Waals surface area contributed by atoms with Crippen molar-refractivity contribution in [1.29, 1.82) is 0 Å². The maximum atomic E-state index is 12.6. The smallest absolute Gasteiger partial charge is 0.330 e. The molecule has 0 radical (unpaired) electrons. The normalized spacial score (nSPS) is 24.6. The van der Waals surface area contributed by atoms with E-state index in [1.807, 2.05) is 0 Å². The van der Waals surface area contributed by atoms with Crippen LogP contribution in [-0.4, -0.2) is 6.54 Å². The first-order valence-electron chi connectivity index (χ1n) is 5.00. The Morgan fingerprint density at radius 1 is 1.38 bits per heavy atom. The summed E-state index contributed by atoms with van der Waals surface area (Å²) in [7, 11) is 0. The number of alkyl halides is 3. The van der Waals surface area contributed by atoms with Crippen LogP contribution in [-0.2, 0) is 6.18 Å². The van der Waals surface area contributed by atoms with Crippen LogP contribution in [0.3, 0.4) is 0 Å². The van der Waals surface area contributed by atoms with Crippen molar-refractivity contribution in [2.75, 3.05) is 6.54 Å². The third-order valence-corrected chi connectivity index (χ3v) is 3.28. The van der Waals surface area contributed by atoms with Crippen molar-refractivity contribution in [3.8, 4) is 0 Å². The first-order chi connectivity index (χ1) is 7.43. The highest BCUT2D eigenvalue weighted by atomic mass is 35.5. The molecule has 2 unspecified atom stereocenters. The number of halogens is 4. The Kier molecular flexibility index (Phi) is 2.88. The Labute approximate surface area is 96.4 Å². The van der Waals surface area contributed by atoms with Crippen LogP contribution in [0.2, 0.25) is 5.02 Å². The monoisotopic (exact) mass is 249 g/mol. The Morgan fingerprint density at radius 2 is 2.06 bits per heavy atom. The highest BCUT2D eigenvalue weighted by Crippen LogP contribution is 2.48. The summed E-state index contributed by atoms with van der Waals surface area (Å²) in [5.41, 5.74) is 5.40. The van der Waals surface area contributed by atoms with Crippen LogP contribution in [0.5, 0.6) is 0 Å². The highest BCUT2D eigenvalue weighted by Gasteiger charge is 2.39. The summed E-state index contributed by atoms with van der Waals surface area (Å²) in [5.74, 6) is 0.491. The van der Waals surface area contributed by atoms with Crippen LogP contribution in [0.1, 0.15) is 23.5 Å². The van der Waals surface area contributed by atoms with Gasteiger partial charge in [0.05, 0.1) is 10.6 Å². The van der Waals surface area contributed by atoms with Gasteiger partial charge in [-0.15, -0.1) is 0 Å². The Morgan fingerprint density at radius 3 is 2.56 bits per heavy atom. The fraction of sp³-hybridized carbons (Fsp3) is 0.455. The molecule has 2 rings (SSSR count). The van der Waals surface area contributed by atoms with Crippen molar-refractivity contribution >= 4 is 11.6 Å². The van der Waals surface area contributed by atoms with Gasteiger partial charge in [-0.25, -0.2) is 0 Å². The molecule has 1 saturated carbocycles. The Hall–Kier alpha value is -0.740. The van der Waals surface area contributed by atoms with E-state index in [1.165, 1.54) is 6.07 Å². The molecule has 16 heavy (non-hydrogen) atoms. The molecule has 0 spiro atoms. The number of hydrogen-bond acceptors (Lipinski definition) is 1. The van der Waals surface area contributed by atoms with Crippen molar-refractivity contribution < 1.29 is 13.2 Å². The molecule has 1 fully saturated rings. The molecule has 0 bridgehead atoms. The molecule has 0 aromatic heterocycles. The van der Waals surface area contributed by atoms with E-state index in [9.17, 15) is 13.2 Å². The second-order valence-electron chi connectivity index (χ2n) is 4.08. The third kappa shape index (κ3) is 2.18. The fourth-order valence-electron chi connectivity index (χ4n) is 1.91. The summed E-state index contributed by atoms with van der Waals surface area (Å²) in [5, 5.41) is -0.249. The Bertz CT molecular complexity index is 403. The molecule has 0 heterocycles. The van der Waals surface area contributed by atoms with Crippen LogP contribution in [0.25, 0.3) is 0 Å². The van der Waals surface area contributed by atoms with Gasteiger partial charge < -0.3 is 5.73 Å². The van der Waals surface area contributed by atoms with Gasteiger partial charge in [-0.05, 0) is 42.5 Å². The second kappa shape index (κ2) is 3.93. The zero-order valence-corrected chi connectivity index (χ0v) is 9.15. The molecule has 1 aliphatic rings. The second-order valence-corrected chi connectivity index (χ2v) is 4.48. The van der Waals surface area contributed by atoms with Crippen LogP contribution in [0, 0.1) is 5.92 Å². The number of nitrogens with two attached hydrogens (primary N) is 1. The Balaban J connectivity index is 2.30. The van der Waals surface area contributed by atoms with E-state index in [1.54, 1.807) is 6.07 Å². The maximum absolute atomic E-state index is 12.6. The van der Waals surface area contributed by atoms with Crippen molar-refractivity contribution in [2.45, 2.75) is 18.5 Å². The number of hydrogen-bond donors (Lipinski definition) is 1. The fourth-order valence-corrected chi connectivity index (χ4v) is 2.13. The largest absolute Gasteiger partial charge is 0.417 e. The molecule has 2 N–H and O–H groups in total. The van der Waals surface area contributed by atoms with Gasteiger partial charge in [-0.1, -0.05) is 17.7 Å². The zero-order valence-electron chi connectivity index (χ0n) is 8.39. The molecular weight excluding hydrogens is 239 g/mol. The van der Waals surface area contributed by atoms with E-state index < -0.39 is 11.7 Å². The maximum Gasteiger partial charge on any atom is 0.417 e. The topological polar surface area (TPSA) is 26.0 Å². The van der Waals surface area contributed by atoms with Crippen molar-refractivity contribution in [3.63, 3.8) is 0 Å². The van der Waals surface area contributed by atoms with Gasteiger partial charge in [0.15, 0.2) is 0 Å². The molecule has 1 aromatic rings. The third-order valence-electron chi connectivity index (χ3n) is 2.95. The van der Waals surface area contributed by atoms with Gasteiger partial charge >= 0.3 is 6.18 Å². The quantitative estimate of drug-likeness (QED) is 0.854. The summed E-state index contributed by atoms with van der Waals surface area (Å²) < 4.78 is 37.7. The number of benzene rings is 1. The molecule has 2 atom stereocenters. The summed E-state index contributed by atoms with van der Waals surface area (Å²) in [6.45, 7) is 0.522. The molecule has 88 valence electrons. The average molecular weight is 250 g/mol. The average Bonchev–Trinajstić information content (AvgIpc) is 2.96. The summed E-state index contributed by atoms with van der Waals surface area (Å²) in [4.78, 5) is 0. The standard InChI is InChI=1S/C11H11ClF3N/c12-10-2-1-6(8-3-7(8)5-16)4-9(10)11(13,14)15/h1-2,4,7-8H,3,5,16H2. The molecule has 1 nitrogen and oxygen atoms in total. The van der Waals surface area contributed by atoms with Gasteiger partial charge in [0.1, 0.15) is 0 Å². The van der Waals surface area contributed by atoms with E-state index in [4.69, 9.17) is 17.3 Å². The van der Waals surface area contributed by atoms with E-state index in [2.05, 4.69) is 0 Å². The van der Waals surface area contributed by atoms with E-state index >= 15 is 0 Å². The summed E-state index contributed by atoms with van der Waals surface area (Å²) in [6, 6.07) is 4.10. The van der Waals surface area contributed by atoms with Gasteiger partial charge in [-0.3, -0.25) is 0 Å². The van der Waals surface area contributed by atoms with E-state index in [0.717, 1.165) is 12.5 Å². The van der Waals surface area contributed by atoms with Crippen LogP contribution >= 0.6 is 11.6 Å². The van der Waals surface area contributed by atoms with Crippen molar-refractivity contribution in [1.82, 2.24) is 0 Å². The lowest BCUT2D eigenvalue weighted by Crippen LogP contribution is -2.07. The van der Waals surface area contributed by atoms with Crippen molar-refractivity contribution in [2.24, 2.45) is 11.7 Å². The van der Waals surface area contributed by atoms with Gasteiger partial charge in [0.2, 0.25) is 0 Å². The lowest BCUT2D eigenvalue weighted by atomic mass is 10.1. The molecule has 5 heteroatoms. The molecule has 0 amide bonds. The van der Waals surface area contributed by atoms with E-state index in [0.29, 0.717) is 18.0 Å². The van der Waals surface area contributed by atoms with Crippen LogP contribution in [0.4, 0.5) is 13.2 Å². The summed E-state index contributed by atoms with van der Waals surface area (Å²) >= 11 is 5.53. The molecule has 1 aromatic carbocycles. The molecule has 0 aliphatic heterocycles. The predicted molar refractivity (Wildman–Crippen MR) is 56.4 cm³/mol. The van der Waals surface area contributed by atoms with Crippen LogP contribution in [0.15, 0.2) is 18.2 Å². The van der Waals surface area contributed by atoms with Gasteiger partial charge in [0, 0.05) is 0 Å². The summed E-state index contributed by atoms with van der Waals surface area (Å²) in [6.07, 6.45) is -3.52. The minimum atomic E-state index is -4.39. The molecule has 1 aliphatic carbocycles. The molecular formula is C11H11ClF3N. The lowest BCUT2D eigenvalue weighted by Gasteiger charge is -2.10. The van der Waals surface area contributed by atoms with Gasteiger partial charge in [-0.2, -0.15) is 13.2 Å². The highest BCUT2D eigenvalue weighted by molar-refractivity contribution is 6.31. The van der Waals surface area contributed by atoms with Crippen LogP contribution < -0.4 is 5.73 Å². The minimum absolute atomic E-state index is 0.170. The SMILES string of the molecule is NCC1CC1c1ccc(Cl)c(C(F)(F)F)c1.